The van der Waals surface area contributed by atoms with Crippen LogP contribution in [0.3, 0.4) is 0 Å². The van der Waals surface area contributed by atoms with Gasteiger partial charge in [-0.25, -0.2) is 0 Å². The number of ether oxygens (including phenoxy) is 1. The van der Waals surface area contributed by atoms with Crippen LogP contribution < -0.4 is 5.32 Å². The van der Waals surface area contributed by atoms with E-state index >= 15 is 0 Å². The van der Waals surface area contributed by atoms with Gasteiger partial charge < -0.3 is 10.1 Å². The third-order valence-electron chi connectivity index (χ3n) is 3.92. The molecule has 2 unspecified atom stereocenters. The number of nitrogens with one attached hydrogen (secondary N) is 1. The van der Waals surface area contributed by atoms with E-state index in [-0.39, 0.29) is 0 Å². The van der Waals surface area contributed by atoms with E-state index in [2.05, 4.69) is 37.1 Å². The second kappa shape index (κ2) is 7.01. The Morgan fingerprint density at radius 3 is 3.05 bits per heavy atom. The molecule has 2 atom stereocenters. The molecule has 3 nitrogen and oxygen atoms in total. The molecule has 0 spiro atoms. The first kappa shape index (κ1) is 14.5. The Morgan fingerprint density at radius 2 is 2.32 bits per heavy atom. The standard InChI is InChI=1S/C16H26N2O/c1-4-19-11-15(12(2)3)18-14-9-5-7-13-8-6-10-17-16(13)14/h6,8,10,12,14-15,18H,4-5,7,9,11H2,1-3H3. The number of aryl methyl sites for hydroxylation is 1. The van der Waals surface area contributed by atoms with E-state index in [4.69, 9.17) is 4.74 Å². The van der Waals surface area contributed by atoms with Gasteiger partial charge in [0.2, 0.25) is 0 Å². The van der Waals surface area contributed by atoms with Crippen molar-refractivity contribution in [2.45, 2.75) is 52.1 Å². The number of aromatic nitrogens is 1. The van der Waals surface area contributed by atoms with Crippen molar-refractivity contribution in [3.8, 4) is 0 Å². The minimum absolute atomic E-state index is 0.387. The van der Waals surface area contributed by atoms with Crippen molar-refractivity contribution in [2.75, 3.05) is 13.2 Å². The molecule has 0 bridgehead atoms. The van der Waals surface area contributed by atoms with Crippen LogP contribution in [0.25, 0.3) is 0 Å². The fourth-order valence-electron chi connectivity index (χ4n) is 2.71. The molecular weight excluding hydrogens is 236 g/mol. The molecule has 19 heavy (non-hydrogen) atoms. The SMILES string of the molecule is CCOCC(NC1CCCc2cccnc21)C(C)C. The second-order valence-corrected chi connectivity index (χ2v) is 5.67. The van der Waals surface area contributed by atoms with Crippen molar-refractivity contribution in [1.29, 1.82) is 0 Å². The van der Waals surface area contributed by atoms with Crippen LogP contribution in [0, 0.1) is 5.92 Å². The topological polar surface area (TPSA) is 34.1 Å². The van der Waals surface area contributed by atoms with Crippen LogP contribution >= 0.6 is 0 Å². The first-order valence-corrected chi connectivity index (χ1v) is 7.50. The lowest BCUT2D eigenvalue weighted by molar-refractivity contribution is 0.102. The minimum Gasteiger partial charge on any atom is -0.380 e. The fourth-order valence-corrected chi connectivity index (χ4v) is 2.71. The molecule has 0 radical (unpaired) electrons. The van der Waals surface area contributed by atoms with Crippen LogP contribution in [0.4, 0.5) is 0 Å². The van der Waals surface area contributed by atoms with Crippen LogP contribution in [0.5, 0.6) is 0 Å². The Labute approximate surface area is 116 Å². The third-order valence-corrected chi connectivity index (χ3v) is 3.92. The summed E-state index contributed by atoms with van der Waals surface area (Å²) in [5, 5.41) is 3.76. The molecule has 0 aliphatic heterocycles. The summed E-state index contributed by atoms with van der Waals surface area (Å²) in [7, 11) is 0. The lowest BCUT2D eigenvalue weighted by Gasteiger charge is -2.31. The van der Waals surface area contributed by atoms with E-state index in [1.807, 2.05) is 12.3 Å². The molecule has 0 aromatic carbocycles. The van der Waals surface area contributed by atoms with Gasteiger partial charge in [-0.15, -0.1) is 0 Å². The van der Waals surface area contributed by atoms with Gasteiger partial charge in [-0.05, 0) is 43.7 Å². The number of pyridine rings is 1. The molecular formula is C16H26N2O. The van der Waals surface area contributed by atoms with E-state index in [0.29, 0.717) is 18.0 Å². The molecule has 106 valence electrons. The van der Waals surface area contributed by atoms with E-state index in [9.17, 15) is 0 Å². The van der Waals surface area contributed by atoms with Gasteiger partial charge in [0.05, 0.1) is 18.3 Å². The van der Waals surface area contributed by atoms with Crippen LogP contribution in [0.1, 0.15) is 50.9 Å². The Kier molecular flexibility index (Phi) is 5.34. The third kappa shape index (κ3) is 3.77. The number of nitrogens with zero attached hydrogens (tertiary/aromatic N) is 1. The predicted molar refractivity (Wildman–Crippen MR) is 78.2 cm³/mol. The largest absolute Gasteiger partial charge is 0.380 e. The van der Waals surface area contributed by atoms with Crippen molar-refractivity contribution in [1.82, 2.24) is 10.3 Å². The highest BCUT2D eigenvalue weighted by Crippen LogP contribution is 2.28. The van der Waals surface area contributed by atoms with Gasteiger partial charge >= 0.3 is 0 Å². The Balaban J connectivity index is 2.05. The van der Waals surface area contributed by atoms with E-state index in [0.717, 1.165) is 13.2 Å². The van der Waals surface area contributed by atoms with Gasteiger partial charge in [-0.2, -0.15) is 0 Å². The Hall–Kier alpha value is -0.930. The molecule has 1 N–H and O–H groups in total. The van der Waals surface area contributed by atoms with Gasteiger partial charge in [0.15, 0.2) is 0 Å². The van der Waals surface area contributed by atoms with Crippen molar-refractivity contribution in [2.24, 2.45) is 5.92 Å². The lowest BCUT2D eigenvalue weighted by atomic mass is 9.90. The molecule has 1 heterocycles. The lowest BCUT2D eigenvalue weighted by Crippen LogP contribution is -2.41. The van der Waals surface area contributed by atoms with Crippen LogP contribution in [0.15, 0.2) is 18.3 Å². The van der Waals surface area contributed by atoms with E-state index in [1.54, 1.807) is 0 Å². The number of hydrogen-bond donors (Lipinski definition) is 1. The Bertz CT molecular complexity index is 392. The summed E-state index contributed by atoms with van der Waals surface area (Å²) in [6.07, 6.45) is 5.50. The normalized spacial score (nSPS) is 20.3. The highest BCUT2D eigenvalue weighted by molar-refractivity contribution is 5.25. The van der Waals surface area contributed by atoms with Gasteiger partial charge in [0.1, 0.15) is 0 Å². The molecule has 1 aromatic heterocycles. The smallest absolute Gasteiger partial charge is 0.0622 e. The maximum Gasteiger partial charge on any atom is 0.0622 e. The minimum atomic E-state index is 0.387. The quantitative estimate of drug-likeness (QED) is 0.855. The van der Waals surface area contributed by atoms with Crippen LogP contribution in [0.2, 0.25) is 0 Å². The first-order chi connectivity index (χ1) is 9.22. The van der Waals surface area contributed by atoms with Gasteiger partial charge in [0, 0.05) is 18.8 Å². The number of fused-ring (bicyclic) bond motifs is 1. The zero-order valence-electron chi connectivity index (χ0n) is 12.4. The summed E-state index contributed by atoms with van der Waals surface area (Å²) < 4.78 is 5.60. The zero-order valence-corrected chi connectivity index (χ0v) is 12.4. The van der Waals surface area contributed by atoms with Gasteiger partial charge in [0.25, 0.3) is 0 Å². The average Bonchev–Trinajstić information content (AvgIpc) is 2.43. The van der Waals surface area contributed by atoms with E-state index in [1.165, 1.54) is 30.5 Å². The van der Waals surface area contributed by atoms with Crippen molar-refractivity contribution in [3.05, 3.63) is 29.6 Å². The van der Waals surface area contributed by atoms with Crippen molar-refractivity contribution in [3.63, 3.8) is 0 Å². The van der Waals surface area contributed by atoms with Crippen LogP contribution in [-0.2, 0) is 11.2 Å². The molecule has 0 fully saturated rings. The molecule has 0 saturated heterocycles. The second-order valence-electron chi connectivity index (χ2n) is 5.67. The molecule has 0 saturated carbocycles. The summed E-state index contributed by atoms with van der Waals surface area (Å²) >= 11 is 0. The maximum atomic E-state index is 5.60. The number of hydrogen-bond acceptors (Lipinski definition) is 3. The summed E-state index contributed by atoms with van der Waals surface area (Å²) in [5.41, 5.74) is 2.65. The highest BCUT2D eigenvalue weighted by Gasteiger charge is 2.25. The van der Waals surface area contributed by atoms with Crippen LogP contribution in [-0.4, -0.2) is 24.2 Å². The summed E-state index contributed by atoms with van der Waals surface area (Å²) in [4.78, 5) is 4.59. The predicted octanol–water partition coefficient (Wildman–Crippen LogP) is 3.11. The summed E-state index contributed by atoms with van der Waals surface area (Å²) in [6.45, 7) is 8.11. The molecule has 1 aromatic rings. The molecule has 0 amide bonds. The van der Waals surface area contributed by atoms with Gasteiger partial charge in [-0.3, -0.25) is 4.98 Å². The first-order valence-electron chi connectivity index (χ1n) is 7.50. The highest BCUT2D eigenvalue weighted by atomic mass is 16.5. The zero-order chi connectivity index (χ0) is 13.7. The maximum absolute atomic E-state index is 5.60. The monoisotopic (exact) mass is 262 g/mol. The number of rotatable bonds is 6. The summed E-state index contributed by atoms with van der Waals surface area (Å²) in [5.74, 6) is 0.570. The molecule has 1 aliphatic rings. The van der Waals surface area contributed by atoms with E-state index < -0.39 is 0 Å². The van der Waals surface area contributed by atoms with Gasteiger partial charge in [-0.1, -0.05) is 19.9 Å². The molecule has 3 heteroatoms. The Morgan fingerprint density at radius 1 is 1.47 bits per heavy atom. The van der Waals surface area contributed by atoms with Crippen molar-refractivity contribution >= 4 is 0 Å². The molecule has 2 rings (SSSR count). The average molecular weight is 262 g/mol. The fraction of sp³-hybridized carbons (Fsp3) is 0.688. The van der Waals surface area contributed by atoms with Crippen molar-refractivity contribution < 1.29 is 4.74 Å². The molecule has 1 aliphatic carbocycles. The summed E-state index contributed by atoms with van der Waals surface area (Å²) in [6, 6.07) is 5.04.